The number of ether oxygens (including phenoxy) is 2. The second kappa shape index (κ2) is 9.98. The highest BCUT2D eigenvalue weighted by molar-refractivity contribution is 5.31. The average molecular weight is 412 g/mol. The van der Waals surface area contributed by atoms with Crippen molar-refractivity contribution in [3.8, 4) is 5.75 Å². The van der Waals surface area contributed by atoms with Crippen molar-refractivity contribution in [1.29, 1.82) is 0 Å². The average Bonchev–Trinajstić information content (AvgIpc) is 2.62. The van der Waals surface area contributed by atoms with Crippen LogP contribution in [-0.4, -0.2) is 24.9 Å². The molecule has 0 saturated heterocycles. The summed E-state index contributed by atoms with van der Waals surface area (Å²) < 4.78 is 12.0. The van der Waals surface area contributed by atoms with Crippen LogP contribution in [0.15, 0.2) is 54.6 Å². The molecule has 0 aliphatic heterocycles. The summed E-state index contributed by atoms with van der Waals surface area (Å²) in [5.74, 6) is 0.875. The van der Waals surface area contributed by atoms with Crippen molar-refractivity contribution >= 4 is 0 Å². The van der Waals surface area contributed by atoms with E-state index in [-0.39, 0.29) is 11.5 Å². The zero-order chi connectivity index (χ0) is 22.4. The first-order chi connectivity index (χ1) is 13.9. The quantitative estimate of drug-likeness (QED) is 0.477. The minimum absolute atomic E-state index is 0.0657. The van der Waals surface area contributed by atoms with Gasteiger partial charge in [-0.1, -0.05) is 77.1 Å². The molecule has 0 fully saturated rings. The maximum absolute atomic E-state index is 6.36. The Labute approximate surface area is 184 Å². The molecule has 2 aromatic rings. The lowest BCUT2D eigenvalue weighted by Crippen LogP contribution is -2.48. The van der Waals surface area contributed by atoms with Gasteiger partial charge in [0.25, 0.3) is 0 Å². The van der Waals surface area contributed by atoms with E-state index in [1.807, 2.05) is 32.0 Å². The highest BCUT2D eigenvalue weighted by Gasteiger charge is 2.27. The van der Waals surface area contributed by atoms with Crippen LogP contribution in [0.4, 0.5) is 0 Å². The van der Waals surface area contributed by atoms with Crippen molar-refractivity contribution in [2.24, 2.45) is 11.1 Å². The number of hydrogen-bond donors (Lipinski definition) is 1. The highest BCUT2D eigenvalue weighted by Crippen LogP contribution is 2.36. The Bertz CT molecular complexity index is 752. The molecule has 1 unspecified atom stereocenters. The van der Waals surface area contributed by atoms with Crippen LogP contribution in [0.2, 0.25) is 0 Å². The summed E-state index contributed by atoms with van der Waals surface area (Å²) in [6, 6.07) is 18.8. The fraction of sp³-hybridized carbons (Fsp3) is 0.556. The molecule has 0 amide bonds. The largest absolute Gasteiger partial charge is 0.491 e. The summed E-state index contributed by atoms with van der Waals surface area (Å²) in [6.07, 6.45) is 1.86. The second-order valence-corrected chi connectivity index (χ2v) is 10.9. The summed E-state index contributed by atoms with van der Waals surface area (Å²) in [5, 5.41) is 0. The van der Waals surface area contributed by atoms with Gasteiger partial charge in [0, 0.05) is 12.0 Å². The van der Waals surface area contributed by atoms with E-state index >= 15 is 0 Å². The van der Waals surface area contributed by atoms with Crippen LogP contribution in [0.25, 0.3) is 0 Å². The van der Waals surface area contributed by atoms with Crippen LogP contribution < -0.4 is 10.5 Å². The molecule has 0 aliphatic rings. The van der Waals surface area contributed by atoms with Crippen LogP contribution in [0.3, 0.4) is 0 Å². The predicted molar refractivity (Wildman–Crippen MR) is 127 cm³/mol. The van der Waals surface area contributed by atoms with Gasteiger partial charge in [0.1, 0.15) is 12.4 Å². The van der Waals surface area contributed by atoms with Crippen molar-refractivity contribution in [1.82, 2.24) is 0 Å². The van der Waals surface area contributed by atoms with Gasteiger partial charge in [-0.25, -0.2) is 0 Å². The smallest absolute Gasteiger partial charge is 0.119 e. The summed E-state index contributed by atoms with van der Waals surface area (Å²) in [4.78, 5) is 0. The third-order valence-electron chi connectivity index (χ3n) is 5.37. The summed E-state index contributed by atoms with van der Waals surface area (Å²) in [5.41, 5.74) is 8.94. The lowest BCUT2D eigenvalue weighted by atomic mass is 9.72. The van der Waals surface area contributed by atoms with Crippen LogP contribution in [0.5, 0.6) is 5.75 Å². The van der Waals surface area contributed by atoms with E-state index in [1.54, 1.807) is 0 Å². The second-order valence-electron chi connectivity index (χ2n) is 10.9. The molecule has 2 aromatic carbocycles. The number of rotatable bonds is 10. The Morgan fingerprint density at radius 2 is 1.40 bits per heavy atom. The Hall–Kier alpha value is -1.84. The molecular formula is C27H41NO2. The zero-order valence-corrected chi connectivity index (χ0v) is 20.0. The summed E-state index contributed by atoms with van der Waals surface area (Å²) in [7, 11) is 0. The summed E-state index contributed by atoms with van der Waals surface area (Å²) in [6.45, 7) is 16.5. The molecule has 1 atom stereocenters. The van der Waals surface area contributed by atoms with Crippen molar-refractivity contribution < 1.29 is 9.47 Å². The molecule has 0 saturated carbocycles. The van der Waals surface area contributed by atoms with Gasteiger partial charge in [-0.15, -0.1) is 0 Å². The van der Waals surface area contributed by atoms with Crippen molar-refractivity contribution in [3.05, 3.63) is 65.7 Å². The molecule has 3 heteroatoms. The minimum atomic E-state index is -0.421. The van der Waals surface area contributed by atoms with Gasteiger partial charge in [0.15, 0.2) is 0 Å². The van der Waals surface area contributed by atoms with Crippen LogP contribution in [0, 0.1) is 5.41 Å². The summed E-state index contributed by atoms with van der Waals surface area (Å²) >= 11 is 0. The van der Waals surface area contributed by atoms with Gasteiger partial charge in [-0.2, -0.15) is 0 Å². The first kappa shape index (κ1) is 24.4. The molecule has 0 aromatic heterocycles. The maximum atomic E-state index is 6.36. The minimum Gasteiger partial charge on any atom is -0.491 e. The Morgan fingerprint density at radius 1 is 0.800 bits per heavy atom. The third kappa shape index (κ3) is 8.12. The molecule has 3 nitrogen and oxygen atoms in total. The highest BCUT2D eigenvalue weighted by atomic mass is 16.5. The fourth-order valence-corrected chi connectivity index (χ4v) is 4.15. The van der Waals surface area contributed by atoms with E-state index in [0.29, 0.717) is 18.6 Å². The van der Waals surface area contributed by atoms with E-state index in [4.69, 9.17) is 15.2 Å². The SMILES string of the molecule is CC(C)(C)CC(C)(C)c1ccc(OCCOC(Cc2ccccc2)C(C)(C)N)cc1. The van der Waals surface area contributed by atoms with E-state index in [2.05, 4.69) is 71.0 Å². The first-order valence-electron chi connectivity index (χ1n) is 11.0. The molecule has 0 bridgehead atoms. The lowest BCUT2D eigenvalue weighted by Gasteiger charge is -2.33. The Morgan fingerprint density at radius 3 is 1.93 bits per heavy atom. The van der Waals surface area contributed by atoms with Crippen LogP contribution in [-0.2, 0) is 16.6 Å². The van der Waals surface area contributed by atoms with Gasteiger partial charge in [-0.3, -0.25) is 0 Å². The van der Waals surface area contributed by atoms with Crippen molar-refractivity contribution in [2.75, 3.05) is 13.2 Å². The van der Waals surface area contributed by atoms with Gasteiger partial charge in [-0.05, 0) is 54.4 Å². The van der Waals surface area contributed by atoms with Gasteiger partial charge >= 0.3 is 0 Å². The van der Waals surface area contributed by atoms with Gasteiger partial charge in [0.05, 0.1) is 12.7 Å². The molecule has 30 heavy (non-hydrogen) atoms. The van der Waals surface area contributed by atoms with E-state index < -0.39 is 5.54 Å². The number of nitrogens with two attached hydrogens (primary N) is 1. The number of hydrogen-bond acceptors (Lipinski definition) is 3. The van der Waals surface area contributed by atoms with Crippen molar-refractivity contribution in [3.63, 3.8) is 0 Å². The molecular weight excluding hydrogens is 370 g/mol. The molecule has 0 aliphatic carbocycles. The van der Waals surface area contributed by atoms with E-state index in [0.717, 1.165) is 18.6 Å². The van der Waals surface area contributed by atoms with Crippen LogP contribution in [0.1, 0.15) is 66.0 Å². The Kier molecular flexibility index (Phi) is 8.13. The molecule has 0 spiro atoms. The van der Waals surface area contributed by atoms with E-state index in [1.165, 1.54) is 11.1 Å². The van der Waals surface area contributed by atoms with E-state index in [9.17, 15) is 0 Å². The van der Waals surface area contributed by atoms with Gasteiger partial charge < -0.3 is 15.2 Å². The lowest BCUT2D eigenvalue weighted by molar-refractivity contribution is -0.00299. The Balaban J connectivity index is 1.86. The molecule has 2 N–H and O–H groups in total. The zero-order valence-electron chi connectivity index (χ0n) is 20.0. The molecule has 2 rings (SSSR count). The number of benzene rings is 2. The third-order valence-corrected chi connectivity index (χ3v) is 5.37. The maximum Gasteiger partial charge on any atom is 0.119 e. The molecule has 0 radical (unpaired) electrons. The normalized spacial score (nSPS) is 13.9. The van der Waals surface area contributed by atoms with Crippen LogP contribution >= 0.6 is 0 Å². The van der Waals surface area contributed by atoms with Crippen molar-refractivity contribution in [2.45, 2.75) is 78.4 Å². The van der Waals surface area contributed by atoms with Gasteiger partial charge in [0.2, 0.25) is 0 Å². The topological polar surface area (TPSA) is 44.5 Å². The standard InChI is InChI=1S/C27H41NO2/c1-25(2,3)20-26(4,5)22-13-15-23(16-14-22)29-17-18-30-24(27(6,7)28)19-21-11-9-8-10-12-21/h8-16,24H,17-20,28H2,1-7H3. The molecule has 166 valence electrons. The predicted octanol–water partition coefficient (Wildman–Crippen LogP) is 6.14. The monoisotopic (exact) mass is 411 g/mol. The first-order valence-corrected chi connectivity index (χ1v) is 11.0. The molecule has 0 heterocycles. The fourth-order valence-electron chi connectivity index (χ4n) is 4.15.